The first-order chi connectivity index (χ1) is 12.1. The van der Waals surface area contributed by atoms with E-state index in [1.165, 1.54) is 24.3 Å². The number of urea groups is 1. The van der Waals surface area contributed by atoms with Gasteiger partial charge in [0, 0.05) is 5.69 Å². The second kappa shape index (κ2) is 6.90. The molecule has 3 rings (SSSR count). The molecule has 3 amide bonds. The van der Waals surface area contributed by atoms with Gasteiger partial charge in [0.1, 0.15) is 6.54 Å². The molecule has 1 saturated heterocycles. The summed E-state index contributed by atoms with van der Waals surface area (Å²) in [4.78, 5) is 25.5. The van der Waals surface area contributed by atoms with Crippen LogP contribution in [0.5, 0.6) is 0 Å². The smallest absolute Gasteiger partial charge is 0.284 e. The Labute approximate surface area is 168 Å². The Morgan fingerprint density at radius 2 is 1.38 bits per heavy atom. The highest BCUT2D eigenvalue weighted by Gasteiger charge is 2.45. The zero-order chi connectivity index (χ0) is 19.2. The molecule has 0 N–H and O–H groups in total. The molecule has 0 saturated carbocycles. The molecule has 1 aliphatic rings. The van der Waals surface area contributed by atoms with Gasteiger partial charge in [-0.05, 0) is 36.4 Å². The minimum Gasteiger partial charge on any atom is -0.284 e. The fourth-order valence-corrected chi connectivity index (χ4v) is 4.32. The molecule has 0 aromatic heterocycles. The maximum absolute atomic E-state index is 12.7. The first-order valence-electron chi connectivity index (χ1n) is 6.92. The van der Waals surface area contributed by atoms with E-state index < -0.39 is 28.5 Å². The van der Waals surface area contributed by atoms with E-state index in [9.17, 15) is 18.0 Å². The van der Waals surface area contributed by atoms with E-state index in [-0.39, 0.29) is 35.0 Å². The van der Waals surface area contributed by atoms with Gasteiger partial charge in [0.05, 0.1) is 25.0 Å². The van der Waals surface area contributed by atoms with Gasteiger partial charge in [0.15, 0.2) is 0 Å². The van der Waals surface area contributed by atoms with E-state index in [2.05, 4.69) is 0 Å². The molecule has 6 nitrogen and oxygen atoms in total. The normalized spacial score (nSPS) is 15.1. The summed E-state index contributed by atoms with van der Waals surface area (Å²) >= 11 is 23.4. The van der Waals surface area contributed by atoms with Crippen LogP contribution in [0.25, 0.3) is 0 Å². The Balaban J connectivity index is 2.00. The molecular weight excluding hydrogens is 446 g/mol. The summed E-state index contributed by atoms with van der Waals surface area (Å²) in [6, 6.07) is 6.72. The van der Waals surface area contributed by atoms with Crippen molar-refractivity contribution in [1.29, 1.82) is 0 Å². The van der Waals surface area contributed by atoms with Crippen molar-refractivity contribution in [3.8, 4) is 0 Å². The highest BCUT2D eigenvalue weighted by Crippen LogP contribution is 2.32. The maximum atomic E-state index is 12.7. The molecule has 0 atom stereocenters. The molecule has 136 valence electrons. The van der Waals surface area contributed by atoms with Gasteiger partial charge >= 0.3 is 6.03 Å². The fourth-order valence-electron chi connectivity index (χ4n) is 2.32. The fraction of sp³-hybridized carbons (Fsp3) is 0.0667. The molecular formula is C15H8Cl4N2O4S. The van der Waals surface area contributed by atoms with Gasteiger partial charge in [0.25, 0.3) is 15.9 Å². The minimum absolute atomic E-state index is 0.0202. The number of sulfonamides is 1. The lowest BCUT2D eigenvalue weighted by atomic mass is 10.3. The van der Waals surface area contributed by atoms with Gasteiger partial charge in [-0.15, -0.1) is 4.31 Å². The number of benzene rings is 2. The molecule has 0 unspecified atom stereocenters. The summed E-state index contributed by atoms with van der Waals surface area (Å²) < 4.78 is 25.6. The minimum atomic E-state index is -4.45. The van der Waals surface area contributed by atoms with Gasteiger partial charge in [-0.3, -0.25) is 9.69 Å². The Bertz CT molecular complexity index is 1040. The molecule has 11 heteroatoms. The lowest BCUT2D eigenvalue weighted by molar-refractivity contribution is -0.121. The van der Waals surface area contributed by atoms with Crippen molar-refractivity contribution in [3.63, 3.8) is 0 Å². The van der Waals surface area contributed by atoms with Gasteiger partial charge in [-0.25, -0.2) is 13.2 Å². The standard InChI is InChI=1S/C15H8Cl4N2O4S/c16-10-3-1-8(5-12(10)18)20-7-14(22)21(15(20)23)26(24,25)9-2-4-11(17)13(19)6-9/h1-6H,7H2. The Hall–Kier alpha value is -1.51. The molecule has 1 heterocycles. The summed E-state index contributed by atoms with van der Waals surface area (Å²) in [5, 5.41) is 0.541. The molecule has 2 aromatic carbocycles. The average Bonchev–Trinajstić information content (AvgIpc) is 2.87. The van der Waals surface area contributed by atoms with Crippen LogP contribution in [0.15, 0.2) is 41.3 Å². The summed E-state index contributed by atoms with van der Waals surface area (Å²) in [6.45, 7) is -0.461. The van der Waals surface area contributed by atoms with E-state index in [1.807, 2.05) is 0 Å². The van der Waals surface area contributed by atoms with Crippen molar-refractivity contribution >= 4 is 74.1 Å². The summed E-state index contributed by atoms with van der Waals surface area (Å²) in [6.07, 6.45) is 0. The Morgan fingerprint density at radius 1 is 0.808 bits per heavy atom. The van der Waals surface area contributed by atoms with Crippen LogP contribution in [0, 0.1) is 0 Å². The number of anilines is 1. The first kappa shape index (κ1) is 19.3. The van der Waals surface area contributed by atoms with E-state index in [4.69, 9.17) is 46.4 Å². The van der Waals surface area contributed by atoms with Crippen LogP contribution in [-0.4, -0.2) is 31.2 Å². The SMILES string of the molecule is O=C1CN(c2ccc(Cl)c(Cl)c2)C(=O)N1S(=O)(=O)c1ccc(Cl)c(Cl)c1. The van der Waals surface area contributed by atoms with Crippen LogP contribution in [0.4, 0.5) is 10.5 Å². The number of hydrogen-bond acceptors (Lipinski definition) is 4. The molecule has 0 bridgehead atoms. The van der Waals surface area contributed by atoms with Gasteiger partial charge < -0.3 is 0 Å². The summed E-state index contributed by atoms with van der Waals surface area (Å²) in [5.41, 5.74) is 0.240. The first-order valence-corrected chi connectivity index (χ1v) is 9.88. The van der Waals surface area contributed by atoms with Gasteiger partial charge in [-0.2, -0.15) is 0 Å². The quantitative estimate of drug-likeness (QED) is 0.643. The van der Waals surface area contributed by atoms with Crippen molar-refractivity contribution in [2.75, 3.05) is 11.4 Å². The zero-order valence-electron chi connectivity index (χ0n) is 12.6. The maximum Gasteiger partial charge on any atom is 0.346 e. The highest BCUT2D eigenvalue weighted by atomic mass is 35.5. The van der Waals surface area contributed by atoms with Crippen molar-refractivity contribution in [2.45, 2.75) is 4.90 Å². The van der Waals surface area contributed by atoms with Crippen LogP contribution in [-0.2, 0) is 14.8 Å². The van der Waals surface area contributed by atoms with Crippen molar-refractivity contribution < 1.29 is 18.0 Å². The summed E-state index contributed by atoms with van der Waals surface area (Å²) in [7, 11) is -4.45. The molecule has 0 radical (unpaired) electrons. The molecule has 0 aliphatic carbocycles. The average molecular weight is 454 g/mol. The number of rotatable bonds is 3. The third-order valence-corrected chi connectivity index (χ3v) is 6.74. The second-order valence-electron chi connectivity index (χ2n) is 5.21. The molecule has 26 heavy (non-hydrogen) atoms. The number of carbonyl (C=O) groups is 2. The second-order valence-corrected chi connectivity index (χ2v) is 8.62. The predicted molar refractivity (Wildman–Crippen MR) is 99.7 cm³/mol. The molecule has 1 fully saturated rings. The van der Waals surface area contributed by atoms with E-state index in [0.29, 0.717) is 0 Å². The zero-order valence-corrected chi connectivity index (χ0v) is 16.5. The van der Waals surface area contributed by atoms with Crippen LogP contribution < -0.4 is 4.90 Å². The third kappa shape index (κ3) is 3.25. The largest absolute Gasteiger partial charge is 0.346 e. The predicted octanol–water partition coefficient (Wildman–Crippen LogP) is 4.46. The third-order valence-electron chi connectivity index (χ3n) is 3.57. The van der Waals surface area contributed by atoms with Gasteiger partial charge in [0.2, 0.25) is 0 Å². The monoisotopic (exact) mass is 452 g/mol. The molecule has 0 spiro atoms. The number of halogens is 4. The van der Waals surface area contributed by atoms with Crippen molar-refractivity contribution in [1.82, 2.24) is 4.31 Å². The number of nitrogens with zero attached hydrogens (tertiary/aromatic N) is 2. The molecule has 1 aliphatic heterocycles. The number of amides is 3. The Kier molecular flexibility index (Phi) is 5.11. The van der Waals surface area contributed by atoms with Crippen molar-refractivity contribution in [3.05, 3.63) is 56.5 Å². The number of hydrogen-bond donors (Lipinski definition) is 0. The van der Waals surface area contributed by atoms with Crippen LogP contribution >= 0.6 is 46.4 Å². The lowest BCUT2D eigenvalue weighted by Gasteiger charge is -2.17. The van der Waals surface area contributed by atoms with E-state index in [1.54, 1.807) is 0 Å². The Morgan fingerprint density at radius 3 is 1.96 bits per heavy atom. The van der Waals surface area contributed by atoms with Crippen molar-refractivity contribution in [2.24, 2.45) is 0 Å². The van der Waals surface area contributed by atoms with Crippen LogP contribution in [0.3, 0.4) is 0 Å². The number of carbonyl (C=O) groups excluding carboxylic acids is 2. The number of imide groups is 1. The molecule has 2 aromatic rings. The van der Waals surface area contributed by atoms with E-state index >= 15 is 0 Å². The lowest BCUT2D eigenvalue weighted by Crippen LogP contribution is -2.38. The van der Waals surface area contributed by atoms with Crippen LogP contribution in [0.2, 0.25) is 20.1 Å². The summed E-state index contributed by atoms with van der Waals surface area (Å²) in [5.74, 6) is -0.910. The van der Waals surface area contributed by atoms with Crippen LogP contribution in [0.1, 0.15) is 0 Å². The van der Waals surface area contributed by atoms with Gasteiger partial charge in [-0.1, -0.05) is 46.4 Å². The highest BCUT2D eigenvalue weighted by molar-refractivity contribution is 7.90. The van der Waals surface area contributed by atoms with E-state index in [0.717, 1.165) is 17.0 Å². The topological polar surface area (TPSA) is 74.8 Å².